The number of sulfonamides is 1. The summed E-state index contributed by atoms with van der Waals surface area (Å²) in [6, 6.07) is 3.13. The number of ether oxygens (including phenoxy) is 1. The van der Waals surface area contributed by atoms with E-state index in [1.807, 2.05) is 13.8 Å². The van der Waals surface area contributed by atoms with Crippen molar-refractivity contribution < 1.29 is 18.3 Å². The topological polar surface area (TPSA) is 92.9 Å². The summed E-state index contributed by atoms with van der Waals surface area (Å²) in [7, 11) is -3.64. The van der Waals surface area contributed by atoms with Gasteiger partial charge in [-0.2, -0.15) is 4.31 Å². The molecular formula is C14H22N2O4S. The lowest BCUT2D eigenvalue weighted by molar-refractivity contribution is -0.0750. The van der Waals surface area contributed by atoms with Crippen molar-refractivity contribution in [1.82, 2.24) is 4.31 Å². The van der Waals surface area contributed by atoms with Crippen molar-refractivity contribution in [3.63, 3.8) is 0 Å². The number of hydrogen-bond acceptors (Lipinski definition) is 5. The van der Waals surface area contributed by atoms with Gasteiger partial charge in [0.1, 0.15) is 0 Å². The van der Waals surface area contributed by atoms with Gasteiger partial charge in [-0.25, -0.2) is 8.42 Å². The van der Waals surface area contributed by atoms with Crippen molar-refractivity contribution in [2.45, 2.75) is 37.9 Å². The van der Waals surface area contributed by atoms with Crippen molar-refractivity contribution in [1.29, 1.82) is 0 Å². The first-order valence-electron chi connectivity index (χ1n) is 6.89. The molecule has 118 valence electrons. The third kappa shape index (κ3) is 3.21. The number of aliphatic hydroxyl groups is 1. The van der Waals surface area contributed by atoms with Crippen LogP contribution in [0.4, 0.5) is 5.69 Å². The van der Waals surface area contributed by atoms with Crippen molar-refractivity contribution in [2.75, 3.05) is 25.4 Å². The number of aryl methyl sites for hydroxylation is 1. The molecule has 1 aromatic rings. The molecule has 1 saturated heterocycles. The van der Waals surface area contributed by atoms with E-state index in [1.54, 1.807) is 13.0 Å². The zero-order valence-electron chi connectivity index (χ0n) is 12.5. The van der Waals surface area contributed by atoms with Gasteiger partial charge in [-0.15, -0.1) is 0 Å². The van der Waals surface area contributed by atoms with E-state index < -0.39 is 16.1 Å². The average molecular weight is 314 g/mol. The molecule has 0 radical (unpaired) electrons. The van der Waals surface area contributed by atoms with Gasteiger partial charge in [0.25, 0.3) is 0 Å². The molecule has 0 aromatic heterocycles. The molecule has 0 saturated carbocycles. The predicted molar refractivity (Wildman–Crippen MR) is 80.5 cm³/mol. The first-order chi connectivity index (χ1) is 9.75. The summed E-state index contributed by atoms with van der Waals surface area (Å²) in [6.07, 6.45) is -0.748. The molecule has 6 nitrogen and oxygen atoms in total. The molecule has 7 heteroatoms. The molecule has 1 aromatic carbocycles. The van der Waals surface area contributed by atoms with Gasteiger partial charge in [0.05, 0.1) is 23.7 Å². The van der Waals surface area contributed by atoms with Crippen molar-refractivity contribution in [2.24, 2.45) is 0 Å². The highest BCUT2D eigenvalue weighted by Crippen LogP contribution is 2.26. The van der Waals surface area contributed by atoms with Crippen LogP contribution in [0.3, 0.4) is 0 Å². The lowest BCUT2D eigenvalue weighted by Gasteiger charge is -2.35. The van der Waals surface area contributed by atoms with Crippen LogP contribution in [0, 0.1) is 13.8 Å². The number of rotatable bonds is 3. The van der Waals surface area contributed by atoms with Gasteiger partial charge in [0, 0.05) is 18.8 Å². The Morgan fingerprint density at radius 1 is 1.38 bits per heavy atom. The van der Waals surface area contributed by atoms with Gasteiger partial charge in [0.2, 0.25) is 10.0 Å². The van der Waals surface area contributed by atoms with E-state index in [1.165, 1.54) is 10.4 Å². The number of hydrogen-bond donors (Lipinski definition) is 2. The van der Waals surface area contributed by atoms with Gasteiger partial charge < -0.3 is 15.6 Å². The Hall–Kier alpha value is -1.15. The van der Waals surface area contributed by atoms with Crippen LogP contribution in [0.25, 0.3) is 0 Å². The van der Waals surface area contributed by atoms with Crippen LogP contribution in [0.1, 0.15) is 18.1 Å². The molecule has 0 bridgehead atoms. The molecule has 3 N–H and O–H groups in total. The standard InChI is InChI=1S/C14H22N2O4S/c1-9-4-13(5-14(15)11(9)3)21(18,19)16-6-10(2)20-12(7-16)8-17/h4-5,10,12,17H,6-8,15H2,1-3H3. The lowest BCUT2D eigenvalue weighted by atomic mass is 10.1. The normalized spacial score (nSPS) is 24.2. The number of nitrogens with two attached hydrogens (primary N) is 1. The monoisotopic (exact) mass is 314 g/mol. The minimum absolute atomic E-state index is 0.149. The van der Waals surface area contributed by atoms with Crippen LogP contribution < -0.4 is 5.73 Å². The summed E-state index contributed by atoms with van der Waals surface area (Å²) >= 11 is 0. The zero-order chi connectivity index (χ0) is 15.8. The molecular weight excluding hydrogens is 292 g/mol. The Balaban J connectivity index is 2.37. The van der Waals surface area contributed by atoms with E-state index in [0.29, 0.717) is 5.69 Å². The lowest BCUT2D eigenvalue weighted by Crippen LogP contribution is -2.50. The van der Waals surface area contributed by atoms with Gasteiger partial charge in [0.15, 0.2) is 0 Å². The zero-order valence-corrected chi connectivity index (χ0v) is 13.4. The van der Waals surface area contributed by atoms with E-state index in [-0.39, 0.29) is 30.7 Å². The Labute approximate surface area is 125 Å². The van der Waals surface area contributed by atoms with Crippen molar-refractivity contribution >= 4 is 15.7 Å². The van der Waals surface area contributed by atoms with Crippen LogP contribution in [0.15, 0.2) is 17.0 Å². The number of aliphatic hydroxyl groups excluding tert-OH is 1. The molecule has 0 spiro atoms. The van der Waals surface area contributed by atoms with E-state index in [9.17, 15) is 13.5 Å². The maximum atomic E-state index is 12.7. The largest absolute Gasteiger partial charge is 0.398 e. The smallest absolute Gasteiger partial charge is 0.243 e. The van der Waals surface area contributed by atoms with Gasteiger partial charge in [-0.3, -0.25) is 0 Å². The van der Waals surface area contributed by atoms with Crippen LogP contribution in [-0.2, 0) is 14.8 Å². The maximum Gasteiger partial charge on any atom is 0.243 e. The van der Waals surface area contributed by atoms with Crippen LogP contribution >= 0.6 is 0 Å². The quantitative estimate of drug-likeness (QED) is 0.799. The van der Waals surface area contributed by atoms with E-state index in [4.69, 9.17) is 10.5 Å². The third-order valence-corrected chi connectivity index (χ3v) is 5.62. The van der Waals surface area contributed by atoms with Gasteiger partial charge >= 0.3 is 0 Å². The average Bonchev–Trinajstić information content (AvgIpc) is 2.43. The predicted octanol–water partition coefficient (Wildman–Crippen LogP) is 0.656. The fourth-order valence-corrected chi connectivity index (χ4v) is 4.12. The second-order valence-electron chi connectivity index (χ2n) is 5.53. The van der Waals surface area contributed by atoms with Crippen LogP contribution in [-0.4, -0.2) is 49.7 Å². The maximum absolute atomic E-state index is 12.7. The Bertz CT molecular complexity index is 607. The fourth-order valence-electron chi connectivity index (χ4n) is 2.45. The fraction of sp³-hybridized carbons (Fsp3) is 0.571. The molecule has 1 aliphatic rings. The first-order valence-corrected chi connectivity index (χ1v) is 8.33. The first kappa shape index (κ1) is 16.2. The van der Waals surface area contributed by atoms with Gasteiger partial charge in [-0.05, 0) is 44.0 Å². The summed E-state index contributed by atoms with van der Waals surface area (Å²) in [5.74, 6) is 0. The molecule has 2 atom stereocenters. The summed E-state index contributed by atoms with van der Waals surface area (Å²) in [4.78, 5) is 0.189. The minimum atomic E-state index is -3.64. The SMILES string of the molecule is Cc1cc(S(=O)(=O)N2CC(C)OC(CO)C2)cc(N)c1C. The summed E-state index contributed by atoms with van der Waals surface area (Å²) in [5.41, 5.74) is 8.07. The second-order valence-corrected chi connectivity index (χ2v) is 7.47. The molecule has 1 aliphatic heterocycles. The number of nitrogens with zero attached hydrogens (tertiary/aromatic N) is 1. The number of morpholine rings is 1. The second kappa shape index (κ2) is 5.92. The Morgan fingerprint density at radius 2 is 2.05 bits per heavy atom. The van der Waals surface area contributed by atoms with E-state index >= 15 is 0 Å². The number of benzene rings is 1. The molecule has 1 fully saturated rings. The van der Waals surface area contributed by atoms with Gasteiger partial charge in [-0.1, -0.05) is 0 Å². The third-order valence-electron chi connectivity index (χ3n) is 3.82. The minimum Gasteiger partial charge on any atom is -0.398 e. The van der Waals surface area contributed by atoms with E-state index in [2.05, 4.69) is 0 Å². The molecule has 21 heavy (non-hydrogen) atoms. The summed E-state index contributed by atoms with van der Waals surface area (Å²) in [6.45, 7) is 5.70. The van der Waals surface area contributed by atoms with Crippen LogP contribution in [0.2, 0.25) is 0 Å². The molecule has 1 heterocycles. The Kier molecular flexibility index (Phi) is 4.57. The van der Waals surface area contributed by atoms with Crippen LogP contribution in [0.5, 0.6) is 0 Å². The highest BCUT2D eigenvalue weighted by Gasteiger charge is 2.33. The Morgan fingerprint density at radius 3 is 2.62 bits per heavy atom. The van der Waals surface area contributed by atoms with E-state index in [0.717, 1.165) is 11.1 Å². The van der Waals surface area contributed by atoms with Crippen molar-refractivity contribution in [3.05, 3.63) is 23.3 Å². The highest BCUT2D eigenvalue weighted by atomic mass is 32.2. The highest BCUT2D eigenvalue weighted by molar-refractivity contribution is 7.89. The summed E-state index contributed by atoms with van der Waals surface area (Å²) in [5, 5.41) is 9.22. The number of nitrogen functional groups attached to an aromatic ring is 1. The molecule has 0 aliphatic carbocycles. The summed E-state index contributed by atoms with van der Waals surface area (Å²) < 4.78 is 32.3. The molecule has 2 unspecified atom stereocenters. The molecule has 0 amide bonds. The number of anilines is 1. The van der Waals surface area contributed by atoms with Crippen molar-refractivity contribution in [3.8, 4) is 0 Å². The molecule has 2 rings (SSSR count).